The van der Waals surface area contributed by atoms with Crippen molar-refractivity contribution in [2.75, 3.05) is 6.61 Å². The van der Waals surface area contributed by atoms with E-state index >= 15 is 0 Å². The predicted octanol–water partition coefficient (Wildman–Crippen LogP) is 3.78. The van der Waals surface area contributed by atoms with Crippen molar-refractivity contribution in [2.24, 2.45) is 0 Å². The highest BCUT2D eigenvalue weighted by Gasteiger charge is 2.13. The minimum atomic E-state index is -0.362. The Morgan fingerprint density at radius 1 is 1.27 bits per heavy atom. The highest BCUT2D eigenvalue weighted by molar-refractivity contribution is 7.80. The van der Waals surface area contributed by atoms with Crippen LogP contribution >= 0.6 is 12.2 Å². The van der Waals surface area contributed by atoms with Gasteiger partial charge in [-0.05, 0) is 42.8 Å². The van der Waals surface area contributed by atoms with Gasteiger partial charge in [0.2, 0.25) is 5.05 Å². The summed E-state index contributed by atoms with van der Waals surface area (Å²) < 4.78 is 21.2. The molecular weight excluding hydrogens is 299 g/mol. The van der Waals surface area contributed by atoms with E-state index in [4.69, 9.17) is 17.0 Å². The second-order valence-corrected chi connectivity index (χ2v) is 5.29. The van der Waals surface area contributed by atoms with Crippen LogP contribution in [0, 0.1) is 5.82 Å². The molecule has 0 spiro atoms. The molecule has 3 rings (SSSR count). The minimum absolute atomic E-state index is 0.258. The maximum absolute atomic E-state index is 14.2. The first-order valence-electron chi connectivity index (χ1n) is 7.05. The lowest BCUT2D eigenvalue weighted by Gasteiger charge is -2.08. The number of fused-ring (bicyclic) bond motifs is 1. The normalized spacial score (nSPS) is 10.8. The maximum atomic E-state index is 14.2. The summed E-state index contributed by atoms with van der Waals surface area (Å²) in [7, 11) is 0. The van der Waals surface area contributed by atoms with Gasteiger partial charge < -0.3 is 4.74 Å². The fourth-order valence-corrected chi connectivity index (χ4v) is 2.65. The van der Waals surface area contributed by atoms with E-state index in [1.54, 1.807) is 10.6 Å². The number of aromatic nitrogens is 2. The van der Waals surface area contributed by atoms with Gasteiger partial charge in [-0.3, -0.25) is 4.40 Å². The SMILES string of the molecule is CCOC(=S)c1cnc2c(F)cc(Cc3ccccc3)cn12. The monoisotopic (exact) mass is 314 g/mol. The number of imidazole rings is 1. The van der Waals surface area contributed by atoms with Crippen molar-refractivity contribution in [2.45, 2.75) is 13.3 Å². The van der Waals surface area contributed by atoms with E-state index in [1.165, 1.54) is 6.07 Å². The van der Waals surface area contributed by atoms with Crippen molar-refractivity contribution in [1.29, 1.82) is 0 Å². The summed E-state index contributed by atoms with van der Waals surface area (Å²) in [6.45, 7) is 2.33. The topological polar surface area (TPSA) is 26.5 Å². The highest BCUT2D eigenvalue weighted by atomic mass is 32.1. The second kappa shape index (κ2) is 6.23. The van der Waals surface area contributed by atoms with Crippen LogP contribution < -0.4 is 0 Å². The van der Waals surface area contributed by atoms with E-state index in [9.17, 15) is 4.39 Å². The first-order valence-corrected chi connectivity index (χ1v) is 7.46. The zero-order chi connectivity index (χ0) is 15.5. The molecule has 0 amide bonds. The van der Waals surface area contributed by atoms with Crippen LogP contribution in [0.15, 0.2) is 48.8 Å². The van der Waals surface area contributed by atoms with Crippen molar-refractivity contribution >= 4 is 22.9 Å². The van der Waals surface area contributed by atoms with E-state index in [0.717, 1.165) is 11.1 Å². The lowest BCUT2D eigenvalue weighted by molar-refractivity contribution is 0.336. The molecule has 2 heterocycles. The Morgan fingerprint density at radius 2 is 2.05 bits per heavy atom. The van der Waals surface area contributed by atoms with Crippen LogP contribution in [0.2, 0.25) is 0 Å². The molecular formula is C17H15FN2OS. The Morgan fingerprint density at radius 3 is 2.77 bits per heavy atom. The van der Waals surface area contributed by atoms with Crippen LogP contribution in [0.5, 0.6) is 0 Å². The molecule has 112 valence electrons. The van der Waals surface area contributed by atoms with Gasteiger partial charge in [-0.15, -0.1) is 0 Å². The Kier molecular flexibility index (Phi) is 4.15. The van der Waals surface area contributed by atoms with Gasteiger partial charge in [-0.1, -0.05) is 30.3 Å². The molecule has 0 saturated heterocycles. The second-order valence-electron chi connectivity index (χ2n) is 4.92. The van der Waals surface area contributed by atoms with Crippen molar-refractivity contribution in [1.82, 2.24) is 9.38 Å². The third-order valence-corrected chi connectivity index (χ3v) is 3.68. The van der Waals surface area contributed by atoms with Gasteiger partial charge in [0, 0.05) is 6.20 Å². The molecule has 1 aromatic carbocycles. The molecule has 22 heavy (non-hydrogen) atoms. The summed E-state index contributed by atoms with van der Waals surface area (Å²) in [5, 5.41) is 0.325. The predicted molar refractivity (Wildman–Crippen MR) is 87.7 cm³/mol. The van der Waals surface area contributed by atoms with E-state index in [2.05, 4.69) is 4.98 Å². The summed E-state index contributed by atoms with van der Waals surface area (Å²) in [6, 6.07) is 11.4. The van der Waals surface area contributed by atoms with Crippen molar-refractivity contribution < 1.29 is 9.13 Å². The molecule has 3 aromatic rings. The van der Waals surface area contributed by atoms with E-state index in [1.807, 2.05) is 43.5 Å². The molecule has 0 atom stereocenters. The third-order valence-electron chi connectivity index (χ3n) is 3.35. The van der Waals surface area contributed by atoms with Gasteiger partial charge in [0.05, 0.1) is 12.8 Å². The summed E-state index contributed by atoms with van der Waals surface area (Å²) in [5.74, 6) is -0.362. The van der Waals surface area contributed by atoms with Gasteiger partial charge in [-0.25, -0.2) is 9.37 Å². The molecule has 0 bridgehead atoms. The zero-order valence-electron chi connectivity index (χ0n) is 12.1. The summed E-state index contributed by atoms with van der Waals surface area (Å²) in [6.07, 6.45) is 4.05. The van der Waals surface area contributed by atoms with Crippen molar-refractivity contribution in [3.63, 3.8) is 0 Å². The van der Waals surface area contributed by atoms with Crippen molar-refractivity contribution in [3.8, 4) is 0 Å². The number of pyridine rings is 1. The molecule has 0 aliphatic rings. The molecule has 5 heteroatoms. The highest BCUT2D eigenvalue weighted by Crippen LogP contribution is 2.17. The summed E-state index contributed by atoms with van der Waals surface area (Å²) >= 11 is 5.21. The number of halogens is 1. The largest absolute Gasteiger partial charge is 0.482 e. The molecule has 0 fully saturated rings. The molecule has 3 nitrogen and oxygen atoms in total. The standard InChI is InChI=1S/C17H15FN2OS/c1-2-21-17(22)15-10-19-16-14(18)9-13(11-20(15)16)8-12-6-4-3-5-7-12/h3-7,9-11H,2,8H2,1H3. The number of benzene rings is 1. The molecule has 0 aliphatic heterocycles. The maximum Gasteiger partial charge on any atom is 0.210 e. The molecule has 0 aliphatic carbocycles. The Balaban J connectivity index is 2.02. The van der Waals surface area contributed by atoms with Gasteiger partial charge in [0.25, 0.3) is 0 Å². The molecule has 0 saturated carbocycles. The lowest BCUT2D eigenvalue weighted by Crippen LogP contribution is -2.07. The number of nitrogens with zero attached hydrogens (tertiary/aromatic N) is 2. The average Bonchev–Trinajstić information content (AvgIpc) is 2.93. The number of rotatable bonds is 4. The fourth-order valence-electron chi connectivity index (χ4n) is 2.38. The van der Waals surface area contributed by atoms with Crippen LogP contribution in [0.3, 0.4) is 0 Å². The Hall–Kier alpha value is -2.27. The average molecular weight is 314 g/mol. The van der Waals surface area contributed by atoms with Crippen LogP contribution in [0.1, 0.15) is 23.7 Å². The van der Waals surface area contributed by atoms with Crippen LogP contribution in [-0.4, -0.2) is 21.0 Å². The van der Waals surface area contributed by atoms with E-state index in [-0.39, 0.29) is 11.5 Å². The summed E-state index contributed by atoms with van der Waals surface area (Å²) in [4.78, 5) is 4.09. The number of hydrogen-bond acceptors (Lipinski definition) is 3. The smallest absolute Gasteiger partial charge is 0.210 e. The molecule has 0 unspecified atom stereocenters. The van der Waals surface area contributed by atoms with Gasteiger partial charge in [0.15, 0.2) is 11.5 Å². The van der Waals surface area contributed by atoms with Gasteiger partial charge in [0.1, 0.15) is 5.69 Å². The first kappa shape index (κ1) is 14.7. The Labute approximate surface area is 133 Å². The summed E-state index contributed by atoms with van der Waals surface area (Å²) in [5.41, 5.74) is 2.83. The van der Waals surface area contributed by atoms with Crippen molar-refractivity contribution in [3.05, 3.63) is 71.4 Å². The molecule has 0 N–H and O–H groups in total. The fraction of sp³-hybridized carbons (Fsp3) is 0.176. The molecule has 0 radical (unpaired) electrons. The number of ether oxygens (including phenoxy) is 1. The van der Waals surface area contributed by atoms with Crippen LogP contribution in [-0.2, 0) is 11.2 Å². The third kappa shape index (κ3) is 2.85. The van der Waals surface area contributed by atoms with Gasteiger partial charge >= 0.3 is 0 Å². The zero-order valence-corrected chi connectivity index (χ0v) is 12.9. The minimum Gasteiger partial charge on any atom is -0.482 e. The van der Waals surface area contributed by atoms with Gasteiger partial charge in [-0.2, -0.15) is 0 Å². The van der Waals surface area contributed by atoms with E-state index < -0.39 is 0 Å². The quantitative estimate of drug-likeness (QED) is 0.686. The Bertz CT molecular complexity index is 814. The van der Waals surface area contributed by atoms with Crippen LogP contribution in [0.4, 0.5) is 4.39 Å². The molecule has 2 aromatic heterocycles. The number of hydrogen-bond donors (Lipinski definition) is 0. The van der Waals surface area contributed by atoms with Crippen LogP contribution in [0.25, 0.3) is 5.65 Å². The first-order chi connectivity index (χ1) is 10.7. The lowest BCUT2D eigenvalue weighted by atomic mass is 10.1. The van der Waals surface area contributed by atoms with E-state index in [0.29, 0.717) is 23.8 Å². The number of thiocarbonyl (C=S) groups is 1.